The predicted molar refractivity (Wildman–Crippen MR) is 170 cm³/mol. The summed E-state index contributed by atoms with van der Waals surface area (Å²) in [5.74, 6) is 1.26. The van der Waals surface area contributed by atoms with Gasteiger partial charge >= 0.3 is 0 Å². The Bertz CT molecular complexity index is 1600. The van der Waals surface area contributed by atoms with Crippen LogP contribution < -0.4 is 0 Å². The molecule has 0 amide bonds. The molecule has 2 fully saturated rings. The van der Waals surface area contributed by atoms with Crippen molar-refractivity contribution < 1.29 is 0 Å². The second-order valence-electron chi connectivity index (χ2n) is 12.4. The first-order chi connectivity index (χ1) is 20.0. The first-order valence-corrected chi connectivity index (χ1v) is 15.6. The van der Waals surface area contributed by atoms with Gasteiger partial charge in [0.05, 0.1) is 29.9 Å². The Labute approximate surface area is 245 Å². The van der Waals surface area contributed by atoms with Gasteiger partial charge in [0.15, 0.2) is 5.69 Å². The normalized spacial score (nSPS) is 16.4. The van der Waals surface area contributed by atoms with Gasteiger partial charge in [0.2, 0.25) is 0 Å². The number of aryl methyl sites for hydroxylation is 2. The fraction of sp³-hybridized carbons (Fsp3) is 0.395. The van der Waals surface area contributed by atoms with Crippen molar-refractivity contribution >= 4 is 5.69 Å². The summed E-state index contributed by atoms with van der Waals surface area (Å²) in [4.78, 5) is 14.3. The topological polar surface area (TPSA) is 30.1 Å². The Kier molecular flexibility index (Phi) is 8.02. The molecule has 3 nitrogen and oxygen atoms in total. The van der Waals surface area contributed by atoms with Crippen molar-refractivity contribution in [1.82, 2.24) is 9.97 Å². The van der Waals surface area contributed by atoms with Gasteiger partial charge in [-0.05, 0) is 105 Å². The smallest absolute Gasteiger partial charge is 0.190 e. The number of nitrogens with zero attached hydrogens (tertiary/aromatic N) is 3. The number of hydrogen-bond acceptors (Lipinski definition) is 2. The van der Waals surface area contributed by atoms with Crippen LogP contribution in [0, 0.1) is 27.3 Å². The molecule has 1 aromatic heterocycles. The van der Waals surface area contributed by atoms with Crippen LogP contribution in [0.25, 0.3) is 38.6 Å². The first-order valence-electron chi connectivity index (χ1n) is 15.6. The molecular formula is C38H41N3. The van der Waals surface area contributed by atoms with Gasteiger partial charge in [-0.15, -0.1) is 0 Å². The van der Waals surface area contributed by atoms with Gasteiger partial charge in [-0.3, -0.25) is 4.98 Å². The molecule has 0 unspecified atom stereocenters. The standard InChI is InChI=1S/C38H41N3/c1-25-18-30(28-12-7-5-8-13-28)22-32(20-25)37-38(33-21-26(2)19-31(23-33)29-14-9-6-10-15-29)41-36(24-40-37)34-16-11-17-35(39-4)27(34)3/h11,16-24,28-29H,5-10,12-15H2,1-3H3. The molecule has 41 heavy (non-hydrogen) atoms. The van der Waals surface area contributed by atoms with Crippen LogP contribution in [0.1, 0.15) is 104 Å². The van der Waals surface area contributed by atoms with Gasteiger partial charge in [-0.25, -0.2) is 9.83 Å². The predicted octanol–water partition coefficient (Wildman–Crippen LogP) is 11.0. The Balaban J connectivity index is 1.53. The molecule has 6 rings (SSSR count). The zero-order valence-electron chi connectivity index (χ0n) is 24.8. The molecule has 1 heterocycles. The number of rotatable bonds is 5. The second-order valence-corrected chi connectivity index (χ2v) is 12.4. The molecule has 0 spiro atoms. The number of hydrogen-bond donors (Lipinski definition) is 0. The van der Waals surface area contributed by atoms with Crippen LogP contribution in [-0.2, 0) is 0 Å². The van der Waals surface area contributed by atoms with Crippen molar-refractivity contribution in [2.75, 3.05) is 0 Å². The van der Waals surface area contributed by atoms with E-state index in [4.69, 9.17) is 16.5 Å². The van der Waals surface area contributed by atoms with Crippen LogP contribution in [0.4, 0.5) is 5.69 Å². The average molecular weight is 540 g/mol. The Morgan fingerprint density at radius 2 is 1.24 bits per heavy atom. The molecule has 3 aromatic carbocycles. The summed E-state index contributed by atoms with van der Waals surface area (Å²) in [6, 6.07) is 20.0. The zero-order valence-corrected chi connectivity index (χ0v) is 24.8. The molecule has 0 N–H and O–H groups in total. The third-order valence-corrected chi connectivity index (χ3v) is 9.37. The molecule has 208 valence electrons. The van der Waals surface area contributed by atoms with Crippen LogP contribution in [0.2, 0.25) is 0 Å². The van der Waals surface area contributed by atoms with E-state index in [1.54, 1.807) is 0 Å². The van der Waals surface area contributed by atoms with E-state index in [9.17, 15) is 0 Å². The van der Waals surface area contributed by atoms with E-state index < -0.39 is 0 Å². The van der Waals surface area contributed by atoms with Gasteiger partial charge in [0, 0.05) is 11.1 Å². The third-order valence-electron chi connectivity index (χ3n) is 9.37. The molecule has 2 aliphatic rings. The van der Waals surface area contributed by atoms with Crippen LogP contribution in [-0.4, -0.2) is 9.97 Å². The van der Waals surface area contributed by atoms with E-state index in [-0.39, 0.29) is 0 Å². The van der Waals surface area contributed by atoms with E-state index in [0.29, 0.717) is 17.5 Å². The summed E-state index contributed by atoms with van der Waals surface area (Å²) >= 11 is 0. The fourth-order valence-electron chi connectivity index (χ4n) is 7.20. The lowest BCUT2D eigenvalue weighted by atomic mass is 9.82. The average Bonchev–Trinajstić information content (AvgIpc) is 3.01. The van der Waals surface area contributed by atoms with Crippen LogP contribution >= 0.6 is 0 Å². The first kappa shape index (κ1) is 27.4. The highest BCUT2D eigenvalue weighted by atomic mass is 14.8. The van der Waals surface area contributed by atoms with Gasteiger partial charge in [-0.2, -0.15) is 0 Å². The minimum Gasteiger partial charge on any atom is -0.252 e. The Hall–Kier alpha value is -3.77. The molecule has 0 radical (unpaired) electrons. The molecular weight excluding hydrogens is 498 g/mol. The largest absolute Gasteiger partial charge is 0.252 e. The molecule has 2 aliphatic carbocycles. The van der Waals surface area contributed by atoms with E-state index >= 15 is 0 Å². The molecule has 0 aliphatic heterocycles. The Morgan fingerprint density at radius 1 is 0.683 bits per heavy atom. The van der Waals surface area contributed by atoms with E-state index in [1.807, 2.05) is 25.3 Å². The van der Waals surface area contributed by atoms with Crippen molar-refractivity contribution in [3.63, 3.8) is 0 Å². The minimum atomic E-state index is 0.622. The summed E-state index contributed by atoms with van der Waals surface area (Å²) in [6.45, 7) is 14.1. The quantitative estimate of drug-likeness (QED) is 0.236. The lowest BCUT2D eigenvalue weighted by Crippen LogP contribution is -2.06. The number of aromatic nitrogens is 2. The summed E-state index contributed by atoms with van der Waals surface area (Å²) in [5, 5.41) is 0. The SMILES string of the molecule is [C-]#[N+]c1cccc(-c2cnc(-c3cc(C)cc(C4CCCCC4)c3)c(-c3cc(C)cc(C4CCCCC4)c3)n2)c1C. The van der Waals surface area contributed by atoms with E-state index in [2.05, 4.69) is 61.2 Å². The summed E-state index contributed by atoms with van der Waals surface area (Å²) in [6.07, 6.45) is 15.0. The van der Waals surface area contributed by atoms with Gasteiger partial charge in [0.1, 0.15) is 0 Å². The van der Waals surface area contributed by atoms with Gasteiger partial charge in [-0.1, -0.05) is 80.0 Å². The zero-order chi connectivity index (χ0) is 28.3. The van der Waals surface area contributed by atoms with Crippen molar-refractivity contribution in [3.8, 4) is 33.8 Å². The minimum absolute atomic E-state index is 0.622. The maximum absolute atomic E-state index is 7.62. The fourth-order valence-corrected chi connectivity index (χ4v) is 7.20. The summed E-state index contributed by atoms with van der Waals surface area (Å²) < 4.78 is 0. The van der Waals surface area contributed by atoms with Gasteiger partial charge in [0.25, 0.3) is 0 Å². The van der Waals surface area contributed by atoms with Crippen molar-refractivity contribution in [3.05, 3.63) is 100 Å². The van der Waals surface area contributed by atoms with Crippen molar-refractivity contribution in [2.45, 2.75) is 96.8 Å². The van der Waals surface area contributed by atoms with Crippen molar-refractivity contribution in [2.24, 2.45) is 0 Å². The lowest BCUT2D eigenvalue weighted by molar-refractivity contribution is 0.443. The molecule has 0 saturated heterocycles. The number of benzene rings is 3. The van der Waals surface area contributed by atoms with E-state index in [1.165, 1.54) is 86.5 Å². The summed E-state index contributed by atoms with van der Waals surface area (Å²) in [5.41, 5.74) is 13.1. The molecule has 0 atom stereocenters. The molecule has 2 saturated carbocycles. The molecule has 0 bridgehead atoms. The Morgan fingerprint density at radius 3 is 1.80 bits per heavy atom. The summed E-state index contributed by atoms with van der Waals surface area (Å²) in [7, 11) is 0. The molecule has 3 heteroatoms. The van der Waals surface area contributed by atoms with Crippen LogP contribution in [0.5, 0.6) is 0 Å². The second kappa shape index (κ2) is 12.0. The maximum Gasteiger partial charge on any atom is 0.190 e. The highest BCUT2D eigenvalue weighted by Gasteiger charge is 2.22. The maximum atomic E-state index is 7.62. The van der Waals surface area contributed by atoms with Crippen LogP contribution in [0.15, 0.2) is 60.8 Å². The van der Waals surface area contributed by atoms with Gasteiger partial charge < -0.3 is 0 Å². The lowest BCUT2D eigenvalue weighted by Gasteiger charge is -2.24. The molecule has 4 aromatic rings. The van der Waals surface area contributed by atoms with Crippen LogP contribution in [0.3, 0.4) is 0 Å². The third kappa shape index (κ3) is 5.84. The van der Waals surface area contributed by atoms with Crippen molar-refractivity contribution in [1.29, 1.82) is 0 Å². The monoisotopic (exact) mass is 539 g/mol. The highest BCUT2D eigenvalue weighted by Crippen LogP contribution is 2.40. The highest BCUT2D eigenvalue weighted by molar-refractivity contribution is 5.82. The van der Waals surface area contributed by atoms with E-state index in [0.717, 1.165) is 39.3 Å².